The van der Waals surface area contributed by atoms with Crippen LogP contribution >= 0.6 is 11.8 Å². The van der Waals surface area contributed by atoms with Crippen molar-refractivity contribution in [1.82, 2.24) is 0 Å². The Kier molecular flexibility index (Phi) is 2.91. The van der Waals surface area contributed by atoms with Crippen LogP contribution in [0.15, 0.2) is 34.2 Å². The fourth-order valence-corrected chi connectivity index (χ4v) is 2.22. The van der Waals surface area contributed by atoms with E-state index in [9.17, 15) is 4.79 Å². The first-order valence-corrected chi connectivity index (χ1v) is 5.46. The lowest BCUT2D eigenvalue weighted by Gasteiger charge is -2.08. The number of nitrogens with zero attached hydrogens (tertiary/aromatic N) is 1. The first-order chi connectivity index (χ1) is 7.25. The molecule has 0 saturated heterocycles. The number of rotatable bonds is 1. The number of amides is 1. The quantitative estimate of drug-likeness (QED) is 0.789. The summed E-state index contributed by atoms with van der Waals surface area (Å²) >= 11 is 1.60. The van der Waals surface area contributed by atoms with Crippen molar-refractivity contribution in [3.8, 4) is 0 Å². The largest absolute Gasteiger partial charge is 0.440 e. The summed E-state index contributed by atoms with van der Waals surface area (Å²) in [4.78, 5) is 15.9. The molecular weight excluding hydrogens is 212 g/mol. The molecule has 1 aliphatic rings. The van der Waals surface area contributed by atoms with Crippen molar-refractivity contribution < 1.29 is 9.53 Å². The molecule has 0 bridgehead atoms. The van der Waals surface area contributed by atoms with Gasteiger partial charge in [0.15, 0.2) is 0 Å². The molecule has 0 saturated carbocycles. The normalized spacial score (nSPS) is 19.1. The molecule has 0 fully saturated rings. The van der Waals surface area contributed by atoms with Crippen LogP contribution in [0.3, 0.4) is 0 Å². The number of thioether (sulfide) groups is 1. The number of para-hydroxylation sites is 1. The zero-order valence-corrected chi connectivity index (χ0v) is 8.74. The van der Waals surface area contributed by atoms with E-state index in [0.717, 1.165) is 10.6 Å². The molecule has 1 atom stereocenters. The van der Waals surface area contributed by atoms with Gasteiger partial charge < -0.3 is 10.5 Å². The molecule has 78 valence electrons. The van der Waals surface area contributed by atoms with Crippen LogP contribution in [-0.4, -0.2) is 24.2 Å². The number of fused-ring (bicyclic) bond motifs is 1. The van der Waals surface area contributed by atoms with Gasteiger partial charge >= 0.3 is 6.09 Å². The Balaban J connectivity index is 2.15. The molecule has 4 nitrogen and oxygen atoms in total. The molecule has 1 heterocycles. The van der Waals surface area contributed by atoms with E-state index in [0.29, 0.717) is 5.75 Å². The third-order valence-electron chi connectivity index (χ3n) is 1.92. The van der Waals surface area contributed by atoms with Crippen molar-refractivity contribution in [1.29, 1.82) is 0 Å². The average Bonchev–Trinajstić information content (AvgIpc) is 2.41. The summed E-state index contributed by atoms with van der Waals surface area (Å²) in [6, 6.07) is 7.79. The van der Waals surface area contributed by atoms with Gasteiger partial charge in [-0.25, -0.2) is 4.79 Å². The van der Waals surface area contributed by atoms with Crippen LogP contribution in [0.5, 0.6) is 0 Å². The minimum atomic E-state index is -0.766. The standard InChI is InChI=1S/C10H10N2O2S/c11-10(13)14-7-5-12-8-3-1-2-4-9(8)15-6-7/h1-5,7H,6H2,(H2,11,13). The summed E-state index contributed by atoms with van der Waals surface area (Å²) in [5, 5.41) is 0. The van der Waals surface area contributed by atoms with Crippen LogP contribution in [0.1, 0.15) is 0 Å². The topological polar surface area (TPSA) is 64.7 Å². The Labute approximate surface area is 91.5 Å². The third-order valence-corrected chi connectivity index (χ3v) is 3.07. The van der Waals surface area contributed by atoms with Gasteiger partial charge in [0.05, 0.1) is 5.69 Å². The highest BCUT2D eigenvalue weighted by molar-refractivity contribution is 7.99. The van der Waals surface area contributed by atoms with Crippen LogP contribution in [0.25, 0.3) is 0 Å². The average molecular weight is 222 g/mol. The summed E-state index contributed by atoms with van der Waals surface area (Å²) in [6.07, 6.45) is 0.502. The summed E-state index contributed by atoms with van der Waals surface area (Å²) in [7, 11) is 0. The second-order valence-electron chi connectivity index (χ2n) is 3.03. The number of nitrogens with two attached hydrogens (primary N) is 1. The highest BCUT2D eigenvalue weighted by atomic mass is 32.2. The van der Waals surface area contributed by atoms with Crippen LogP contribution in [-0.2, 0) is 4.74 Å². The molecule has 1 amide bonds. The van der Waals surface area contributed by atoms with E-state index in [-0.39, 0.29) is 6.10 Å². The number of hydrogen-bond donors (Lipinski definition) is 1. The van der Waals surface area contributed by atoms with Gasteiger partial charge in [0.25, 0.3) is 0 Å². The fraction of sp³-hybridized carbons (Fsp3) is 0.200. The van der Waals surface area contributed by atoms with Crippen molar-refractivity contribution in [2.75, 3.05) is 5.75 Å². The summed E-state index contributed by atoms with van der Waals surface area (Å²) in [5.41, 5.74) is 5.85. The maximum Gasteiger partial charge on any atom is 0.405 e. The molecular formula is C10H10N2O2S. The molecule has 0 spiro atoms. The molecule has 2 rings (SSSR count). The monoisotopic (exact) mass is 222 g/mol. The second-order valence-corrected chi connectivity index (χ2v) is 4.09. The Morgan fingerprint density at radius 3 is 3.13 bits per heavy atom. The van der Waals surface area contributed by atoms with Gasteiger partial charge in [-0.1, -0.05) is 12.1 Å². The molecule has 1 aromatic carbocycles. The molecule has 0 aromatic heterocycles. The zero-order chi connectivity index (χ0) is 10.7. The molecule has 5 heteroatoms. The molecule has 0 aliphatic carbocycles. The van der Waals surface area contributed by atoms with Gasteiger partial charge in [-0.3, -0.25) is 4.99 Å². The van der Waals surface area contributed by atoms with E-state index in [1.54, 1.807) is 18.0 Å². The SMILES string of the molecule is NC(=O)OC1C=Nc2ccccc2SC1. The Morgan fingerprint density at radius 1 is 1.53 bits per heavy atom. The number of benzene rings is 1. The number of ether oxygens (including phenoxy) is 1. The van der Waals surface area contributed by atoms with Crippen molar-refractivity contribution in [3.05, 3.63) is 24.3 Å². The predicted molar refractivity (Wildman–Crippen MR) is 59.8 cm³/mol. The first kappa shape index (κ1) is 10.0. The third kappa shape index (κ3) is 2.50. The number of hydrogen-bond acceptors (Lipinski definition) is 4. The Morgan fingerprint density at radius 2 is 2.33 bits per heavy atom. The number of aliphatic imine (C=N–C) groups is 1. The van der Waals surface area contributed by atoms with Gasteiger partial charge in [-0.15, -0.1) is 11.8 Å². The zero-order valence-electron chi connectivity index (χ0n) is 7.92. The van der Waals surface area contributed by atoms with E-state index < -0.39 is 6.09 Å². The molecule has 1 aromatic rings. The number of carbonyl (C=O) groups is 1. The van der Waals surface area contributed by atoms with Gasteiger partial charge in [-0.05, 0) is 12.1 Å². The lowest BCUT2D eigenvalue weighted by molar-refractivity contribution is 0.147. The number of primary amides is 1. The van der Waals surface area contributed by atoms with E-state index >= 15 is 0 Å². The maximum absolute atomic E-state index is 10.6. The highest BCUT2D eigenvalue weighted by Crippen LogP contribution is 2.31. The molecule has 2 N–H and O–H groups in total. The minimum absolute atomic E-state index is 0.347. The fourth-order valence-electron chi connectivity index (χ4n) is 1.28. The Hall–Kier alpha value is -1.49. The number of carbonyl (C=O) groups excluding carboxylic acids is 1. The highest BCUT2D eigenvalue weighted by Gasteiger charge is 2.15. The lowest BCUT2D eigenvalue weighted by Crippen LogP contribution is -2.25. The second kappa shape index (κ2) is 4.35. The van der Waals surface area contributed by atoms with Crippen LogP contribution in [0, 0.1) is 0 Å². The molecule has 15 heavy (non-hydrogen) atoms. The molecule has 0 radical (unpaired) electrons. The Bertz CT molecular complexity index is 406. The van der Waals surface area contributed by atoms with Gasteiger partial charge in [-0.2, -0.15) is 0 Å². The van der Waals surface area contributed by atoms with E-state index in [1.807, 2.05) is 24.3 Å². The molecule has 1 aliphatic heterocycles. The van der Waals surface area contributed by atoms with Crippen LogP contribution < -0.4 is 5.73 Å². The lowest BCUT2D eigenvalue weighted by atomic mass is 10.3. The first-order valence-electron chi connectivity index (χ1n) is 4.48. The van der Waals surface area contributed by atoms with Crippen molar-refractivity contribution in [3.63, 3.8) is 0 Å². The minimum Gasteiger partial charge on any atom is -0.440 e. The van der Waals surface area contributed by atoms with Crippen molar-refractivity contribution in [2.45, 2.75) is 11.0 Å². The van der Waals surface area contributed by atoms with E-state index in [1.165, 1.54) is 0 Å². The van der Waals surface area contributed by atoms with Crippen molar-refractivity contribution in [2.24, 2.45) is 10.7 Å². The van der Waals surface area contributed by atoms with Crippen LogP contribution in [0.2, 0.25) is 0 Å². The van der Waals surface area contributed by atoms with E-state index in [2.05, 4.69) is 4.99 Å². The predicted octanol–water partition coefficient (Wildman–Crippen LogP) is 1.96. The van der Waals surface area contributed by atoms with E-state index in [4.69, 9.17) is 10.5 Å². The van der Waals surface area contributed by atoms with Crippen molar-refractivity contribution >= 4 is 29.8 Å². The summed E-state index contributed by atoms with van der Waals surface area (Å²) < 4.78 is 4.87. The summed E-state index contributed by atoms with van der Waals surface area (Å²) in [6.45, 7) is 0. The molecule has 1 unspecified atom stereocenters. The summed E-state index contributed by atoms with van der Waals surface area (Å²) in [5.74, 6) is 0.642. The van der Waals surface area contributed by atoms with Crippen LogP contribution in [0.4, 0.5) is 10.5 Å². The van der Waals surface area contributed by atoms with Gasteiger partial charge in [0.2, 0.25) is 0 Å². The van der Waals surface area contributed by atoms with Gasteiger partial charge in [0.1, 0.15) is 6.10 Å². The van der Waals surface area contributed by atoms with Gasteiger partial charge in [0, 0.05) is 16.9 Å². The smallest absolute Gasteiger partial charge is 0.405 e. The maximum atomic E-state index is 10.6.